The Kier molecular flexibility index (Phi) is 5.54. The molecule has 10 nitrogen and oxygen atoms in total. The second-order valence-corrected chi connectivity index (χ2v) is 8.58. The van der Waals surface area contributed by atoms with Crippen LogP contribution >= 0.6 is 0 Å². The Morgan fingerprint density at radius 2 is 1.72 bits per heavy atom. The van der Waals surface area contributed by atoms with Crippen LogP contribution in [0, 0.1) is 20.8 Å². The van der Waals surface area contributed by atoms with Crippen LogP contribution in [0.25, 0.3) is 0 Å². The second kappa shape index (κ2) is 8.50. The first kappa shape index (κ1) is 20.9. The van der Waals surface area contributed by atoms with E-state index in [0.29, 0.717) is 49.3 Å². The number of ether oxygens (including phenoxy) is 1. The molecule has 0 N–H and O–H groups in total. The van der Waals surface area contributed by atoms with Crippen LogP contribution in [0.5, 0.6) is 0 Å². The van der Waals surface area contributed by atoms with Gasteiger partial charge in [-0.25, -0.2) is 0 Å². The summed E-state index contributed by atoms with van der Waals surface area (Å²) in [5, 5.41) is 12.3. The molecule has 1 unspecified atom stereocenters. The number of amides is 1. The molecule has 2 aliphatic rings. The molecule has 3 aromatic rings. The van der Waals surface area contributed by atoms with Crippen LogP contribution in [0.15, 0.2) is 13.6 Å². The van der Waals surface area contributed by atoms with Gasteiger partial charge in [-0.15, -0.1) is 0 Å². The monoisotopic (exact) mass is 441 g/mol. The van der Waals surface area contributed by atoms with Crippen molar-refractivity contribution >= 4 is 5.91 Å². The summed E-state index contributed by atoms with van der Waals surface area (Å²) in [7, 11) is 0. The lowest BCUT2D eigenvalue weighted by atomic mass is 10.00. The van der Waals surface area contributed by atoms with E-state index in [4.69, 9.17) is 18.3 Å². The molecule has 0 radical (unpaired) electrons. The molecule has 0 aromatic carbocycles. The average Bonchev–Trinajstić information content (AvgIpc) is 3.59. The van der Waals surface area contributed by atoms with Gasteiger partial charge < -0.3 is 23.2 Å². The fourth-order valence-electron chi connectivity index (χ4n) is 4.61. The van der Waals surface area contributed by atoms with Gasteiger partial charge in [0.05, 0.1) is 5.69 Å². The van der Waals surface area contributed by atoms with Gasteiger partial charge in [0.1, 0.15) is 17.6 Å². The Morgan fingerprint density at radius 1 is 0.969 bits per heavy atom. The number of hydrogen-bond donors (Lipinski definition) is 0. The minimum Gasteiger partial charge on any atom is -0.381 e. The molecule has 2 fully saturated rings. The Bertz CT molecular complexity index is 1090. The quantitative estimate of drug-likeness (QED) is 0.586. The van der Waals surface area contributed by atoms with Gasteiger partial charge in [0.25, 0.3) is 5.91 Å². The highest BCUT2D eigenvalue weighted by atomic mass is 16.5. The largest absolute Gasteiger partial charge is 0.381 e. The van der Waals surface area contributed by atoms with Crippen molar-refractivity contribution in [1.29, 1.82) is 0 Å². The van der Waals surface area contributed by atoms with Crippen LogP contribution < -0.4 is 0 Å². The molecule has 0 spiro atoms. The predicted octanol–water partition coefficient (Wildman–Crippen LogP) is 3.43. The zero-order valence-electron chi connectivity index (χ0n) is 18.6. The lowest BCUT2D eigenvalue weighted by Crippen LogP contribution is -2.31. The molecule has 1 atom stereocenters. The van der Waals surface area contributed by atoms with Gasteiger partial charge in [-0.1, -0.05) is 15.5 Å². The lowest BCUT2D eigenvalue weighted by molar-refractivity contribution is 0.0698. The molecule has 170 valence electrons. The van der Waals surface area contributed by atoms with Gasteiger partial charge in [-0.05, 0) is 46.5 Å². The van der Waals surface area contributed by atoms with Crippen molar-refractivity contribution in [2.75, 3.05) is 19.8 Å². The highest BCUT2D eigenvalue weighted by Gasteiger charge is 2.37. The topological polar surface area (TPSA) is 121 Å². The number of carbonyl (C=O) groups is 1. The minimum absolute atomic E-state index is 0.183. The molecule has 0 bridgehead atoms. The average molecular weight is 441 g/mol. The number of likely N-dealkylation sites (tertiary alicyclic amines) is 1. The van der Waals surface area contributed by atoms with Crippen molar-refractivity contribution in [2.45, 2.75) is 64.8 Å². The SMILES string of the molecule is Cc1noc(C)c1Cc1c(C(=O)N2CCCC2c2nc(C3CCOCC3)no2)noc1C. The molecule has 10 heteroatoms. The molecule has 5 heterocycles. The van der Waals surface area contributed by atoms with E-state index in [1.165, 1.54) is 0 Å². The van der Waals surface area contributed by atoms with Gasteiger partial charge in [-0.2, -0.15) is 4.98 Å². The second-order valence-electron chi connectivity index (χ2n) is 8.58. The smallest absolute Gasteiger partial charge is 0.277 e. The van der Waals surface area contributed by atoms with Gasteiger partial charge in [0.2, 0.25) is 5.89 Å². The van der Waals surface area contributed by atoms with E-state index in [9.17, 15) is 4.79 Å². The highest BCUT2D eigenvalue weighted by molar-refractivity contribution is 5.94. The third-order valence-electron chi connectivity index (χ3n) is 6.56. The molecule has 2 saturated heterocycles. The molecule has 5 rings (SSSR count). The first-order chi connectivity index (χ1) is 15.5. The maximum Gasteiger partial charge on any atom is 0.277 e. The van der Waals surface area contributed by atoms with Crippen molar-refractivity contribution in [2.24, 2.45) is 0 Å². The van der Waals surface area contributed by atoms with Crippen LogP contribution in [-0.2, 0) is 11.2 Å². The lowest BCUT2D eigenvalue weighted by Gasteiger charge is -2.21. The van der Waals surface area contributed by atoms with Crippen molar-refractivity contribution < 1.29 is 23.1 Å². The number of hydrogen-bond acceptors (Lipinski definition) is 9. The normalized spacial score (nSPS) is 19.7. The third kappa shape index (κ3) is 3.72. The summed E-state index contributed by atoms with van der Waals surface area (Å²) in [5.41, 5.74) is 2.82. The molecule has 32 heavy (non-hydrogen) atoms. The van der Waals surface area contributed by atoms with Gasteiger partial charge in [0.15, 0.2) is 11.5 Å². The zero-order valence-corrected chi connectivity index (χ0v) is 18.6. The molecular weight excluding hydrogens is 414 g/mol. The van der Waals surface area contributed by atoms with Crippen molar-refractivity contribution in [3.8, 4) is 0 Å². The standard InChI is InChI=1S/C22H27N5O5/c1-12-16(13(2)30-24-12)11-17-14(3)31-25-19(17)22(28)27-8-4-5-18(27)21-23-20(26-32-21)15-6-9-29-10-7-15/h15,18H,4-11H2,1-3H3. The Balaban J connectivity index is 1.38. The number of aryl methyl sites for hydroxylation is 3. The fraction of sp³-hybridized carbons (Fsp3) is 0.591. The van der Waals surface area contributed by atoms with E-state index in [0.717, 1.165) is 48.3 Å². The minimum atomic E-state index is -0.257. The van der Waals surface area contributed by atoms with E-state index in [-0.39, 0.29) is 17.9 Å². The predicted molar refractivity (Wildman–Crippen MR) is 110 cm³/mol. The maximum absolute atomic E-state index is 13.5. The summed E-state index contributed by atoms with van der Waals surface area (Å²) < 4.78 is 21.7. The van der Waals surface area contributed by atoms with Crippen molar-refractivity contribution in [3.63, 3.8) is 0 Å². The maximum atomic E-state index is 13.5. The van der Waals surface area contributed by atoms with E-state index < -0.39 is 0 Å². The van der Waals surface area contributed by atoms with E-state index in [1.54, 1.807) is 4.90 Å². The summed E-state index contributed by atoms with van der Waals surface area (Å²) in [6.45, 7) is 7.59. The van der Waals surface area contributed by atoms with E-state index in [2.05, 4.69) is 20.5 Å². The third-order valence-corrected chi connectivity index (χ3v) is 6.56. The number of carbonyl (C=O) groups excluding carboxylic acids is 1. The molecule has 2 aliphatic heterocycles. The van der Waals surface area contributed by atoms with Crippen LogP contribution in [0.3, 0.4) is 0 Å². The Morgan fingerprint density at radius 3 is 2.47 bits per heavy atom. The number of nitrogens with zero attached hydrogens (tertiary/aromatic N) is 5. The molecular formula is C22H27N5O5. The number of aromatic nitrogens is 4. The van der Waals surface area contributed by atoms with Crippen LogP contribution in [0.1, 0.15) is 88.2 Å². The Hall–Kier alpha value is -3.01. The molecule has 3 aromatic heterocycles. The summed E-state index contributed by atoms with van der Waals surface area (Å²) in [4.78, 5) is 20.0. The van der Waals surface area contributed by atoms with Gasteiger partial charge in [0, 0.05) is 43.2 Å². The fourth-order valence-corrected chi connectivity index (χ4v) is 4.61. The molecule has 0 saturated carbocycles. The molecule has 1 amide bonds. The summed E-state index contributed by atoms with van der Waals surface area (Å²) in [6.07, 6.45) is 3.88. The van der Waals surface area contributed by atoms with Crippen LogP contribution in [0.2, 0.25) is 0 Å². The highest BCUT2D eigenvalue weighted by Crippen LogP contribution is 2.35. The number of rotatable bonds is 5. The van der Waals surface area contributed by atoms with Crippen LogP contribution in [-0.4, -0.2) is 51.0 Å². The Labute approximate surface area is 185 Å². The molecule has 0 aliphatic carbocycles. The van der Waals surface area contributed by atoms with Crippen molar-refractivity contribution in [1.82, 2.24) is 25.4 Å². The first-order valence-corrected chi connectivity index (χ1v) is 11.1. The van der Waals surface area contributed by atoms with Crippen LogP contribution in [0.4, 0.5) is 0 Å². The first-order valence-electron chi connectivity index (χ1n) is 11.1. The van der Waals surface area contributed by atoms with E-state index in [1.807, 2.05) is 20.8 Å². The summed E-state index contributed by atoms with van der Waals surface area (Å²) in [5.74, 6) is 2.60. The van der Waals surface area contributed by atoms with Gasteiger partial charge in [-0.3, -0.25) is 4.79 Å². The van der Waals surface area contributed by atoms with Gasteiger partial charge >= 0.3 is 0 Å². The zero-order chi connectivity index (χ0) is 22.2. The summed E-state index contributed by atoms with van der Waals surface area (Å²) in [6, 6.07) is -0.257. The summed E-state index contributed by atoms with van der Waals surface area (Å²) >= 11 is 0. The van der Waals surface area contributed by atoms with Crippen molar-refractivity contribution in [3.05, 3.63) is 45.8 Å². The van der Waals surface area contributed by atoms with E-state index >= 15 is 0 Å².